The third-order valence-corrected chi connectivity index (χ3v) is 4.93. The Morgan fingerprint density at radius 3 is 2.56 bits per heavy atom. The number of amides is 1. The van der Waals surface area contributed by atoms with Crippen LogP contribution in [0.5, 0.6) is 0 Å². The molecule has 2 aromatic carbocycles. The standard InChI is InChI=1S/C23H24BrFN4O3/c1-23(2,3)32-21(30)26-13-16(12-25)14-29-22(31)28(15-27-29)20-6-4-5-18(11-20)17-7-9-19(24)10-8-17/h4-12,15H,13-14H2,1-3H3,(H,26,30)/b16-12+. The molecule has 0 fully saturated rings. The van der Waals surface area contributed by atoms with Crippen molar-refractivity contribution >= 4 is 22.0 Å². The Hall–Kier alpha value is -3.20. The second-order valence-electron chi connectivity index (χ2n) is 8.12. The summed E-state index contributed by atoms with van der Waals surface area (Å²) in [4.78, 5) is 24.6. The molecule has 32 heavy (non-hydrogen) atoms. The fraction of sp³-hybridized carbons (Fsp3) is 0.261. The first kappa shape index (κ1) is 23.5. The molecule has 168 valence electrons. The molecule has 3 rings (SSSR count). The van der Waals surface area contributed by atoms with Crippen LogP contribution in [-0.4, -0.2) is 32.6 Å². The van der Waals surface area contributed by atoms with E-state index in [-0.39, 0.29) is 18.7 Å². The predicted molar refractivity (Wildman–Crippen MR) is 124 cm³/mol. The summed E-state index contributed by atoms with van der Waals surface area (Å²) in [5.74, 6) is 0. The lowest BCUT2D eigenvalue weighted by atomic mass is 10.1. The molecule has 1 heterocycles. The molecule has 0 bridgehead atoms. The zero-order valence-corrected chi connectivity index (χ0v) is 19.6. The molecule has 7 nitrogen and oxygen atoms in total. The number of benzene rings is 2. The normalized spacial score (nSPS) is 12.0. The summed E-state index contributed by atoms with van der Waals surface area (Å²) in [7, 11) is 0. The van der Waals surface area contributed by atoms with Gasteiger partial charge in [-0.25, -0.2) is 23.2 Å². The maximum Gasteiger partial charge on any atom is 0.407 e. The van der Waals surface area contributed by atoms with Gasteiger partial charge in [0.25, 0.3) is 0 Å². The Labute approximate surface area is 193 Å². The van der Waals surface area contributed by atoms with Crippen molar-refractivity contribution in [3.63, 3.8) is 0 Å². The van der Waals surface area contributed by atoms with Crippen LogP contribution in [0.1, 0.15) is 20.8 Å². The van der Waals surface area contributed by atoms with Crippen LogP contribution in [0.3, 0.4) is 0 Å². The van der Waals surface area contributed by atoms with Gasteiger partial charge in [0.2, 0.25) is 0 Å². The molecule has 1 amide bonds. The van der Waals surface area contributed by atoms with Gasteiger partial charge in [-0.15, -0.1) is 0 Å². The number of carbonyl (C=O) groups excluding carboxylic acids is 1. The summed E-state index contributed by atoms with van der Waals surface area (Å²) in [5, 5.41) is 6.57. The highest BCUT2D eigenvalue weighted by atomic mass is 79.9. The second-order valence-corrected chi connectivity index (χ2v) is 9.04. The summed E-state index contributed by atoms with van der Waals surface area (Å²) >= 11 is 3.42. The molecule has 9 heteroatoms. The van der Waals surface area contributed by atoms with Crippen molar-refractivity contribution in [2.45, 2.75) is 32.9 Å². The third-order valence-electron chi connectivity index (χ3n) is 4.40. The smallest absolute Gasteiger partial charge is 0.407 e. The highest BCUT2D eigenvalue weighted by Crippen LogP contribution is 2.23. The molecule has 0 radical (unpaired) electrons. The summed E-state index contributed by atoms with van der Waals surface area (Å²) in [6, 6.07) is 15.3. The number of halogens is 2. The number of hydrogen-bond donors (Lipinski definition) is 1. The number of rotatable bonds is 6. The Morgan fingerprint density at radius 1 is 1.19 bits per heavy atom. The topological polar surface area (TPSA) is 78.2 Å². The summed E-state index contributed by atoms with van der Waals surface area (Å²) in [6.07, 6.45) is 1.08. The van der Waals surface area contributed by atoms with Gasteiger partial charge in [0.15, 0.2) is 0 Å². The van der Waals surface area contributed by atoms with Crippen molar-refractivity contribution in [3.05, 3.63) is 81.7 Å². The molecule has 0 aliphatic heterocycles. The van der Waals surface area contributed by atoms with Crippen LogP contribution in [0, 0.1) is 0 Å². The summed E-state index contributed by atoms with van der Waals surface area (Å²) in [5.41, 5.74) is 1.68. The molecule has 3 aromatic rings. The van der Waals surface area contributed by atoms with E-state index in [2.05, 4.69) is 26.3 Å². The number of ether oxygens (including phenoxy) is 1. The van der Waals surface area contributed by atoms with E-state index in [1.165, 1.54) is 10.9 Å². The minimum atomic E-state index is -0.667. The van der Waals surface area contributed by atoms with Gasteiger partial charge in [-0.3, -0.25) is 0 Å². The molecule has 0 aliphatic rings. The minimum absolute atomic E-state index is 0.107. The van der Waals surface area contributed by atoms with E-state index >= 15 is 0 Å². The Balaban J connectivity index is 1.74. The van der Waals surface area contributed by atoms with Crippen LogP contribution < -0.4 is 11.0 Å². The third kappa shape index (κ3) is 6.16. The van der Waals surface area contributed by atoms with Gasteiger partial charge in [-0.2, -0.15) is 5.10 Å². The average Bonchev–Trinajstić information content (AvgIpc) is 3.10. The molecule has 0 atom stereocenters. The van der Waals surface area contributed by atoms with E-state index in [0.29, 0.717) is 12.0 Å². The number of alkyl carbamates (subject to hydrolysis) is 1. The molecule has 1 N–H and O–H groups in total. The number of nitrogens with one attached hydrogen (secondary N) is 1. The Morgan fingerprint density at radius 2 is 1.91 bits per heavy atom. The van der Waals surface area contributed by atoms with E-state index in [1.807, 2.05) is 42.5 Å². The molecule has 0 spiro atoms. The molecular weight excluding hydrogens is 479 g/mol. The molecule has 0 saturated heterocycles. The van der Waals surface area contributed by atoms with Crippen molar-refractivity contribution in [1.82, 2.24) is 19.7 Å². The number of hydrogen-bond acceptors (Lipinski definition) is 4. The monoisotopic (exact) mass is 502 g/mol. The average molecular weight is 503 g/mol. The van der Waals surface area contributed by atoms with E-state index in [9.17, 15) is 14.0 Å². The molecular formula is C23H24BrFN4O3. The maximum atomic E-state index is 13.4. The van der Waals surface area contributed by atoms with Crippen LogP contribution in [0.15, 0.2) is 76.0 Å². The zero-order valence-electron chi connectivity index (χ0n) is 18.0. The largest absolute Gasteiger partial charge is 0.444 e. The summed E-state index contributed by atoms with van der Waals surface area (Å²) < 4.78 is 22.0. The van der Waals surface area contributed by atoms with Crippen molar-refractivity contribution in [1.29, 1.82) is 0 Å². The number of aromatic nitrogens is 3. The number of nitrogens with zero attached hydrogens (tertiary/aromatic N) is 3. The first-order valence-electron chi connectivity index (χ1n) is 9.92. The second kappa shape index (κ2) is 9.95. The first-order valence-corrected chi connectivity index (χ1v) is 10.7. The predicted octanol–water partition coefficient (Wildman–Crippen LogP) is 4.84. The van der Waals surface area contributed by atoms with Gasteiger partial charge < -0.3 is 10.1 Å². The van der Waals surface area contributed by atoms with Crippen LogP contribution in [0.25, 0.3) is 16.8 Å². The molecule has 0 unspecified atom stereocenters. The lowest BCUT2D eigenvalue weighted by Gasteiger charge is -2.19. The van der Waals surface area contributed by atoms with Crippen LogP contribution in [0.4, 0.5) is 9.18 Å². The van der Waals surface area contributed by atoms with Gasteiger partial charge >= 0.3 is 11.8 Å². The highest BCUT2D eigenvalue weighted by molar-refractivity contribution is 9.10. The first-order chi connectivity index (χ1) is 15.2. The van der Waals surface area contributed by atoms with E-state index < -0.39 is 17.4 Å². The fourth-order valence-corrected chi connectivity index (χ4v) is 3.19. The highest BCUT2D eigenvalue weighted by Gasteiger charge is 2.17. The molecule has 0 saturated carbocycles. The quantitative estimate of drug-likeness (QED) is 0.522. The summed E-state index contributed by atoms with van der Waals surface area (Å²) in [6.45, 7) is 4.98. The van der Waals surface area contributed by atoms with Crippen LogP contribution in [-0.2, 0) is 11.3 Å². The van der Waals surface area contributed by atoms with Crippen molar-refractivity contribution in [3.8, 4) is 16.8 Å². The SMILES string of the molecule is CC(C)(C)OC(=O)NC/C(=C\F)Cn1ncn(-c2cccc(-c3ccc(Br)cc3)c2)c1=O. The lowest BCUT2D eigenvalue weighted by Crippen LogP contribution is -2.34. The van der Waals surface area contributed by atoms with Gasteiger partial charge in [0, 0.05) is 11.0 Å². The molecule has 0 aliphatic carbocycles. The fourth-order valence-electron chi connectivity index (χ4n) is 2.92. The van der Waals surface area contributed by atoms with Gasteiger partial charge in [-0.1, -0.05) is 40.2 Å². The lowest BCUT2D eigenvalue weighted by molar-refractivity contribution is 0.0532. The zero-order chi connectivity index (χ0) is 23.3. The van der Waals surface area contributed by atoms with Crippen molar-refractivity contribution in [2.24, 2.45) is 0 Å². The number of carbonyl (C=O) groups is 1. The van der Waals surface area contributed by atoms with Crippen molar-refractivity contribution in [2.75, 3.05) is 6.54 Å². The van der Waals surface area contributed by atoms with E-state index in [0.717, 1.165) is 20.3 Å². The minimum Gasteiger partial charge on any atom is -0.444 e. The Kier molecular flexibility index (Phi) is 7.29. The van der Waals surface area contributed by atoms with Crippen molar-refractivity contribution < 1.29 is 13.9 Å². The van der Waals surface area contributed by atoms with E-state index in [1.54, 1.807) is 26.8 Å². The molecule has 1 aromatic heterocycles. The van der Waals surface area contributed by atoms with Gasteiger partial charge in [-0.05, 0) is 61.7 Å². The van der Waals surface area contributed by atoms with Gasteiger partial charge in [0.1, 0.15) is 11.9 Å². The van der Waals surface area contributed by atoms with Crippen LogP contribution in [0.2, 0.25) is 0 Å². The van der Waals surface area contributed by atoms with Crippen LogP contribution >= 0.6 is 15.9 Å². The maximum absolute atomic E-state index is 13.4. The Bertz CT molecular complexity index is 1180. The van der Waals surface area contributed by atoms with Gasteiger partial charge in [0.05, 0.1) is 18.6 Å². The van der Waals surface area contributed by atoms with E-state index in [4.69, 9.17) is 4.74 Å².